The second-order valence-corrected chi connectivity index (χ2v) is 5.62. The number of hydrogen-bond donors (Lipinski definition) is 0. The quantitative estimate of drug-likeness (QED) is 0.523. The third-order valence-corrected chi connectivity index (χ3v) is 3.90. The lowest BCUT2D eigenvalue weighted by molar-refractivity contribution is 0.0467. The van der Waals surface area contributed by atoms with Gasteiger partial charge in [0, 0.05) is 0 Å². The first-order valence-electron chi connectivity index (χ1n) is 7.93. The monoisotopic (exact) mass is 346 g/mol. The minimum atomic E-state index is -0.428. The Hall–Kier alpha value is -3.68. The number of aryl methyl sites for hydroxylation is 1. The van der Waals surface area contributed by atoms with Crippen molar-refractivity contribution < 1.29 is 9.53 Å². The van der Waals surface area contributed by atoms with Gasteiger partial charge in [-0.15, -0.1) is 5.10 Å². The van der Waals surface area contributed by atoms with Crippen LogP contribution in [0.3, 0.4) is 0 Å². The first-order chi connectivity index (χ1) is 12.7. The van der Waals surface area contributed by atoms with Crippen molar-refractivity contribution in [3.8, 4) is 5.69 Å². The molecule has 4 rings (SSSR count). The van der Waals surface area contributed by atoms with Gasteiger partial charge in [-0.25, -0.2) is 19.4 Å². The van der Waals surface area contributed by atoms with Gasteiger partial charge in [0.05, 0.1) is 33.7 Å². The largest absolute Gasteiger partial charge is 0.456 e. The number of ether oxygens (including phenoxy) is 1. The van der Waals surface area contributed by atoms with E-state index in [-0.39, 0.29) is 6.61 Å². The third-order valence-electron chi connectivity index (χ3n) is 3.90. The normalized spacial score (nSPS) is 10.8. The molecule has 2 aromatic carbocycles. The standard InChI is InChI=1S/C18H14N6O2/c1-12-17(21-16-5-3-2-4-15(16)20-12)10-26-18(25)13-6-8-14(9-7-13)24-11-19-22-23-24/h2-9,11H,10H2,1H3. The van der Waals surface area contributed by atoms with Gasteiger partial charge in [-0.05, 0) is 53.7 Å². The highest BCUT2D eigenvalue weighted by molar-refractivity contribution is 5.89. The Balaban J connectivity index is 1.48. The molecule has 2 aromatic heterocycles. The van der Waals surface area contributed by atoms with E-state index in [9.17, 15) is 4.79 Å². The Morgan fingerprint density at radius 1 is 1.04 bits per heavy atom. The van der Waals surface area contributed by atoms with Crippen LogP contribution in [0.25, 0.3) is 16.7 Å². The molecule has 8 nitrogen and oxygen atoms in total. The van der Waals surface area contributed by atoms with Crippen LogP contribution in [0.5, 0.6) is 0 Å². The number of para-hydroxylation sites is 2. The molecule has 0 bridgehead atoms. The molecule has 26 heavy (non-hydrogen) atoms. The van der Waals surface area contributed by atoms with Crippen molar-refractivity contribution in [1.29, 1.82) is 0 Å². The molecule has 0 atom stereocenters. The number of rotatable bonds is 4. The number of benzene rings is 2. The van der Waals surface area contributed by atoms with Crippen LogP contribution in [0.1, 0.15) is 21.7 Å². The Morgan fingerprint density at radius 3 is 2.46 bits per heavy atom. The van der Waals surface area contributed by atoms with E-state index in [1.165, 1.54) is 11.0 Å². The van der Waals surface area contributed by atoms with E-state index in [0.717, 1.165) is 22.4 Å². The summed E-state index contributed by atoms with van der Waals surface area (Å²) in [6.07, 6.45) is 1.48. The predicted molar refractivity (Wildman–Crippen MR) is 92.5 cm³/mol. The van der Waals surface area contributed by atoms with Crippen molar-refractivity contribution >= 4 is 17.0 Å². The predicted octanol–water partition coefficient (Wildman–Crippen LogP) is 2.27. The maximum atomic E-state index is 12.3. The van der Waals surface area contributed by atoms with Crippen LogP contribution in [0.4, 0.5) is 0 Å². The fourth-order valence-corrected chi connectivity index (χ4v) is 2.51. The number of tetrazole rings is 1. The van der Waals surface area contributed by atoms with Gasteiger partial charge in [-0.2, -0.15) is 0 Å². The summed E-state index contributed by atoms with van der Waals surface area (Å²) in [6, 6.07) is 14.4. The Labute approximate surface area is 148 Å². The van der Waals surface area contributed by atoms with Gasteiger partial charge in [0.25, 0.3) is 0 Å². The van der Waals surface area contributed by atoms with Gasteiger partial charge < -0.3 is 4.74 Å². The highest BCUT2D eigenvalue weighted by Gasteiger charge is 2.11. The third kappa shape index (κ3) is 3.12. The summed E-state index contributed by atoms with van der Waals surface area (Å²) < 4.78 is 6.89. The molecule has 0 spiro atoms. The number of aromatic nitrogens is 6. The summed E-state index contributed by atoms with van der Waals surface area (Å²) in [7, 11) is 0. The number of carbonyl (C=O) groups is 1. The van der Waals surface area contributed by atoms with Crippen molar-refractivity contribution in [3.63, 3.8) is 0 Å². The van der Waals surface area contributed by atoms with E-state index >= 15 is 0 Å². The SMILES string of the molecule is Cc1nc2ccccc2nc1COC(=O)c1ccc(-n2cnnn2)cc1. The maximum absolute atomic E-state index is 12.3. The molecule has 0 aliphatic carbocycles. The summed E-state index contributed by atoms with van der Waals surface area (Å²) in [4.78, 5) is 21.3. The molecule has 0 amide bonds. The van der Waals surface area contributed by atoms with E-state index < -0.39 is 5.97 Å². The zero-order chi connectivity index (χ0) is 17.9. The molecular formula is C18H14N6O2. The van der Waals surface area contributed by atoms with Crippen molar-refractivity contribution in [2.24, 2.45) is 0 Å². The van der Waals surface area contributed by atoms with Gasteiger partial charge in [0.2, 0.25) is 0 Å². The molecule has 2 heterocycles. The van der Waals surface area contributed by atoms with Crippen molar-refractivity contribution in [2.75, 3.05) is 0 Å². The van der Waals surface area contributed by atoms with Crippen LogP contribution in [0.15, 0.2) is 54.9 Å². The summed E-state index contributed by atoms with van der Waals surface area (Å²) in [6.45, 7) is 1.92. The zero-order valence-corrected chi connectivity index (χ0v) is 13.9. The summed E-state index contributed by atoms with van der Waals surface area (Å²) in [5, 5.41) is 10.9. The van der Waals surface area contributed by atoms with E-state index in [4.69, 9.17) is 4.74 Å². The maximum Gasteiger partial charge on any atom is 0.338 e. The molecule has 0 fully saturated rings. The lowest BCUT2D eigenvalue weighted by Gasteiger charge is -2.08. The number of nitrogens with zero attached hydrogens (tertiary/aromatic N) is 6. The summed E-state index contributed by atoms with van der Waals surface area (Å²) in [5.74, 6) is -0.428. The zero-order valence-electron chi connectivity index (χ0n) is 13.9. The second kappa shape index (κ2) is 6.67. The van der Waals surface area contributed by atoms with Crippen LogP contribution in [-0.4, -0.2) is 36.1 Å². The van der Waals surface area contributed by atoms with Gasteiger partial charge in [0.15, 0.2) is 0 Å². The van der Waals surface area contributed by atoms with Crippen molar-refractivity contribution in [3.05, 3.63) is 71.8 Å². The molecule has 0 aliphatic rings. The van der Waals surface area contributed by atoms with Gasteiger partial charge in [-0.3, -0.25) is 0 Å². The van der Waals surface area contributed by atoms with E-state index in [2.05, 4.69) is 25.5 Å². The molecule has 0 radical (unpaired) electrons. The smallest absolute Gasteiger partial charge is 0.338 e. The first kappa shape index (κ1) is 15.8. The van der Waals surface area contributed by atoms with Crippen molar-refractivity contribution in [1.82, 2.24) is 30.2 Å². The molecule has 4 aromatic rings. The topological polar surface area (TPSA) is 95.7 Å². The number of fused-ring (bicyclic) bond motifs is 1. The number of carbonyl (C=O) groups excluding carboxylic acids is 1. The molecule has 0 aliphatic heterocycles. The van der Waals surface area contributed by atoms with Gasteiger partial charge in [-0.1, -0.05) is 12.1 Å². The summed E-state index contributed by atoms with van der Waals surface area (Å²) in [5.41, 5.74) is 4.16. The van der Waals surface area contributed by atoms with Gasteiger partial charge in [0.1, 0.15) is 12.9 Å². The lowest BCUT2D eigenvalue weighted by Crippen LogP contribution is -2.08. The average Bonchev–Trinajstić information content (AvgIpc) is 3.21. The Morgan fingerprint density at radius 2 is 1.77 bits per heavy atom. The highest BCUT2D eigenvalue weighted by atomic mass is 16.5. The van der Waals surface area contributed by atoms with Crippen molar-refractivity contribution in [2.45, 2.75) is 13.5 Å². The molecule has 128 valence electrons. The molecule has 0 saturated carbocycles. The van der Waals surface area contributed by atoms with E-state index in [1.54, 1.807) is 24.3 Å². The second-order valence-electron chi connectivity index (χ2n) is 5.62. The Kier molecular flexibility index (Phi) is 4.06. The Bertz CT molecular complexity index is 1060. The fourth-order valence-electron chi connectivity index (χ4n) is 2.51. The number of hydrogen-bond acceptors (Lipinski definition) is 7. The molecule has 8 heteroatoms. The highest BCUT2D eigenvalue weighted by Crippen LogP contribution is 2.14. The number of esters is 1. The minimum absolute atomic E-state index is 0.0667. The van der Waals surface area contributed by atoms with Crippen LogP contribution in [0.2, 0.25) is 0 Å². The first-order valence-corrected chi connectivity index (χ1v) is 7.93. The van der Waals surface area contributed by atoms with Gasteiger partial charge >= 0.3 is 5.97 Å². The fraction of sp³-hybridized carbons (Fsp3) is 0.111. The van der Waals surface area contributed by atoms with Crippen LogP contribution in [0, 0.1) is 6.92 Å². The van der Waals surface area contributed by atoms with E-state index in [1.807, 2.05) is 31.2 Å². The van der Waals surface area contributed by atoms with Crippen LogP contribution >= 0.6 is 0 Å². The summed E-state index contributed by atoms with van der Waals surface area (Å²) >= 11 is 0. The van der Waals surface area contributed by atoms with Crippen LogP contribution in [-0.2, 0) is 11.3 Å². The minimum Gasteiger partial charge on any atom is -0.456 e. The van der Waals surface area contributed by atoms with Crippen LogP contribution < -0.4 is 0 Å². The molecule has 0 unspecified atom stereocenters. The molecular weight excluding hydrogens is 332 g/mol. The average molecular weight is 346 g/mol. The van der Waals surface area contributed by atoms with E-state index in [0.29, 0.717) is 11.3 Å². The molecule has 0 saturated heterocycles. The molecule has 0 N–H and O–H groups in total. The lowest BCUT2D eigenvalue weighted by atomic mass is 10.2.